The van der Waals surface area contributed by atoms with Crippen molar-refractivity contribution in [3.8, 4) is 0 Å². The molecule has 7 nitrogen and oxygen atoms in total. The molecule has 1 heterocycles. The molecule has 8 heteroatoms. The van der Waals surface area contributed by atoms with Crippen LogP contribution in [0.2, 0.25) is 0 Å². The number of hydrogen-bond donors (Lipinski definition) is 3. The number of urea groups is 1. The molecule has 0 bridgehead atoms. The second-order valence-electron chi connectivity index (χ2n) is 6.63. The van der Waals surface area contributed by atoms with Gasteiger partial charge in [0.15, 0.2) is 0 Å². The Morgan fingerprint density at radius 2 is 1.83 bits per heavy atom. The molecule has 0 aliphatic carbocycles. The monoisotopic (exact) mass is 395 g/mol. The first-order valence-electron chi connectivity index (χ1n) is 9.07. The lowest BCUT2D eigenvalue weighted by molar-refractivity contribution is -0.122. The van der Waals surface area contributed by atoms with Gasteiger partial charge in [-0.1, -0.05) is 42.5 Å². The predicted octanol–water partition coefficient (Wildman–Crippen LogP) is 2.56. The van der Waals surface area contributed by atoms with Gasteiger partial charge >= 0.3 is 6.03 Å². The molecule has 4 N–H and O–H groups in total. The summed E-state index contributed by atoms with van der Waals surface area (Å²) in [6, 6.07) is 13.1. The number of aryl methyl sites for hydroxylation is 1. The van der Waals surface area contributed by atoms with Crippen LogP contribution in [0, 0.1) is 5.82 Å². The number of aromatic nitrogens is 2. The van der Waals surface area contributed by atoms with Crippen molar-refractivity contribution in [3.63, 3.8) is 0 Å². The van der Waals surface area contributed by atoms with Crippen LogP contribution in [0.5, 0.6) is 0 Å². The molecule has 0 saturated heterocycles. The lowest BCUT2D eigenvalue weighted by Crippen LogP contribution is -2.38. The zero-order valence-electron chi connectivity index (χ0n) is 15.9. The van der Waals surface area contributed by atoms with Crippen molar-refractivity contribution in [1.29, 1.82) is 0 Å². The van der Waals surface area contributed by atoms with Crippen LogP contribution < -0.4 is 16.4 Å². The van der Waals surface area contributed by atoms with Crippen molar-refractivity contribution in [2.75, 3.05) is 0 Å². The van der Waals surface area contributed by atoms with E-state index >= 15 is 0 Å². The third-order valence-corrected chi connectivity index (χ3v) is 4.51. The minimum Gasteiger partial charge on any atom is -0.352 e. The average Bonchev–Trinajstić information content (AvgIpc) is 3.11. The number of amides is 3. The fourth-order valence-electron chi connectivity index (χ4n) is 3.15. The van der Waals surface area contributed by atoms with Gasteiger partial charge in [-0.05, 0) is 23.3 Å². The van der Waals surface area contributed by atoms with Crippen molar-refractivity contribution >= 4 is 11.9 Å². The Kier molecular flexibility index (Phi) is 6.23. The van der Waals surface area contributed by atoms with E-state index in [-0.39, 0.29) is 12.3 Å². The van der Waals surface area contributed by atoms with Crippen LogP contribution in [0.25, 0.3) is 0 Å². The number of halogens is 1. The van der Waals surface area contributed by atoms with E-state index < -0.39 is 23.9 Å². The Bertz CT molecular complexity index is 990. The first-order valence-corrected chi connectivity index (χ1v) is 9.07. The second kappa shape index (κ2) is 9.01. The first-order chi connectivity index (χ1) is 13.9. The van der Waals surface area contributed by atoms with E-state index in [0.717, 1.165) is 5.56 Å². The summed E-state index contributed by atoms with van der Waals surface area (Å²) in [5, 5.41) is 5.49. The number of hydrogen-bond acceptors (Lipinski definition) is 3. The fourth-order valence-corrected chi connectivity index (χ4v) is 3.15. The van der Waals surface area contributed by atoms with Crippen molar-refractivity contribution < 1.29 is 14.0 Å². The van der Waals surface area contributed by atoms with E-state index in [1.165, 1.54) is 12.1 Å². The van der Waals surface area contributed by atoms with Crippen molar-refractivity contribution in [2.24, 2.45) is 12.8 Å². The smallest absolute Gasteiger partial charge is 0.312 e. The predicted molar refractivity (Wildman–Crippen MR) is 106 cm³/mol. The van der Waals surface area contributed by atoms with Gasteiger partial charge < -0.3 is 20.9 Å². The number of carbonyl (C=O) groups excluding carboxylic acids is 2. The number of nitrogens with one attached hydrogen (secondary N) is 2. The number of primary amides is 1. The van der Waals surface area contributed by atoms with Crippen LogP contribution in [0.4, 0.5) is 9.18 Å². The summed E-state index contributed by atoms with van der Waals surface area (Å²) in [4.78, 5) is 28.5. The van der Waals surface area contributed by atoms with Crippen LogP contribution >= 0.6 is 0 Å². The molecule has 0 radical (unpaired) electrons. The van der Waals surface area contributed by atoms with Crippen LogP contribution in [-0.2, 0) is 11.8 Å². The van der Waals surface area contributed by atoms with Gasteiger partial charge in [-0.25, -0.2) is 14.2 Å². The quantitative estimate of drug-likeness (QED) is 0.573. The third kappa shape index (κ3) is 5.19. The van der Waals surface area contributed by atoms with Gasteiger partial charge in [0, 0.05) is 19.4 Å². The average molecular weight is 395 g/mol. The lowest BCUT2D eigenvalue weighted by atomic mass is 10.0. The second-order valence-corrected chi connectivity index (χ2v) is 6.63. The molecule has 3 aromatic rings. The van der Waals surface area contributed by atoms with E-state index in [1.807, 2.05) is 18.2 Å². The lowest BCUT2D eigenvalue weighted by Gasteiger charge is -2.22. The first kappa shape index (κ1) is 20.1. The van der Waals surface area contributed by atoms with Gasteiger partial charge in [0.25, 0.3) is 0 Å². The van der Waals surface area contributed by atoms with Gasteiger partial charge in [0.1, 0.15) is 17.7 Å². The largest absolute Gasteiger partial charge is 0.352 e. The summed E-state index contributed by atoms with van der Waals surface area (Å²) >= 11 is 0. The van der Waals surface area contributed by atoms with Crippen molar-refractivity contribution in [1.82, 2.24) is 20.2 Å². The SMILES string of the molecule is Cn1ccnc1[C@@H](NC(=O)C[C@H](NC(N)=O)c1ccccc1)c1cccc(F)c1. The highest BCUT2D eigenvalue weighted by Gasteiger charge is 2.24. The summed E-state index contributed by atoms with van der Waals surface area (Å²) in [7, 11) is 1.79. The molecular formula is C21H22FN5O2. The molecule has 29 heavy (non-hydrogen) atoms. The summed E-state index contributed by atoms with van der Waals surface area (Å²) in [5.74, 6) is -0.193. The van der Waals surface area contributed by atoms with Crippen LogP contribution in [0.3, 0.4) is 0 Å². The minimum absolute atomic E-state index is 0.0385. The normalized spacial score (nSPS) is 12.8. The maximum absolute atomic E-state index is 13.8. The molecular weight excluding hydrogens is 373 g/mol. The number of imidazole rings is 1. The molecule has 2 aromatic carbocycles. The molecule has 3 rings (SSSR count). The Balaban J connectivity index is 1.84. The Morgan fingerprint density at radius 3 is 2.45 bits per heavy atom. The Hall–Kier alpha value is -3.68. The van der Waals surface area contributed by atoms with Crippen LogP contribution in [0.15, 0.2) is 67.0 Å². The molecule has 0 aliphatic rings. The van der Waals surface area contributed by atoms with Crippen LogP contribution in [-0.4, -0.2) is 21.5 Å². The van der Waals surface area contributed by atoms with Gasteiger partial charge in [-0.2, -0.15) is 0 Å². The van der Waals surface area contributed by atoms with E-state index in [4.69, 9.17) is 5.73 Å². The zero-order valence-corrected chi connectivity index (χ0v) is 15.9. The molecule has 2 atom stereocenters. The van der Waals surface area contributed by atoms with Gasteiger partial charge in [-0.15, -0.1) is 0 Å². The highest BCUT2D eigenvalue weighted by atomic mass is 19.1. The summed E-state index contributed by atoms with van der Waals surface area (Å²) in [6.07, 6.45) is 3.31. The number of nitrogens with two attached hydrogens (primary N) is 1. The summed E-state index contributed by atoms with van der Waals surface area (Å²) in [5.41, 5.74) is 6.59. The number of benzene rings is 2. The van der Waals surface area contributed by atoms with E-state index in [0.29, 0.717) is 11.4 Å². The third-order valence-electron chi connectivity index (χ3n) is 4.51. The van der Waals surface area contributed by atoms with Gasteiger partial charge in [0.05, 0.1) is 12.5 Å². The summed E-state index contributed by atoms with van der Waals surface area (Å²) < 4.78 is 15.5. The number of carbonyl (C=O) groups is 2. The topological polar surface area (TPSA) is 102 Å². The Labute approximate surface area is 167 Å². The molecule has 0 fully saturated rings. The molecule has 0 aliphatic heterocycles. The Morgan fingerprint density at radius 1 is 1.10 bits per heavy atom. The van der Waals surface area contributed by atoms with E-state index in [2.05, 4.69) is 15.6 Å². The molecule has 3 amide bonds. The number of rotatable bonds is 7. The molecule has 150 valence electrons. The molecule has 0 unspecified atom stereocenters. The molecule has 1 aromatic heterocycles. The summed E-state index contributed by atoms with van der Waals surface area (Å²) in [6.45, 7) is 0. The minimum atomic E-state index is -0.725. The molecule has 0 spiro atoms. The zero-order chi connectivity index (χ0) is 20.8. The van der Waals surface area contributed by atoms with Crippen LogP contribution in [0.1, 0.15) is 35.5 Å². The van der Waals surface area contributed by atoms with Crippen molar-refractivity contribution in [2.45, 2.75) is 18.5 Å². The van der Waals surface area contributed by atoms with E-state index in [1.54, 1.807) is 48.3 Å². The van der Waals surface area contributed by atoms with E-state index in [9.17, 15) is 14.0 Å². The highest BCUT2D eigenvalue weighted by molar-refractivity contribution is 5.79. The maximum Gasteiger partial charge on any atom is 0.312 e. The number of nitrogens with zero attached hydrogens (tertiary/aromatic N) is 2. The maximum atomic E-state index is 13.8. The van der Waals surface area contributed by atoms with Crippen molar-refractivity contribution in [3.05, 3.63) is 89.8 Å². The fraction of sp³-hybridized carbons (Fsp3) is 0.190. The molecule has 0 saturated carbocycles. The standard InChI is InChI=1S/C21H22FN5O2/c1-27-11-10-24-20(27)19(15-8-5-9-16(22)12-15)26-18(28)13-17(25-21(23)29)14-6-3-2-4-7-14/h2-12,17,19H,13H2,1H3,(H,26,28)(H3,23,25,29)/t17-,19-/m0/s1. The van der Waals surface area contributed by atoms with Gasteiger partial charge in [-0.3, -0.25) is 4.79 Å². The van der Waals surface area contributed by atoms with Gasteiger partial charge in [0.2, 0.25) is 5.91 Å². The highest BCUT2D eigenvalue weighted by Crippen LogP contribution is 2.23.